The number of rotatable bonds is 5. The molecule has 0 aliphatic heterocycles. The van der Waals surface area contributed by atoms with Crippen LogP contribution in [0.15, 0.2) is 12.2 Å². The van der Waals surface area contributed by atoms with Crippen LogP contribution in [0.25, 0.3) is 0 Å². The quantitative estimate of drug-likeness (QED) is 0.498. The standard InChI is InChI=1S/C29H48O3/c1-17(2)19(4)26(31)16-18(3)21-11-15-29(32)24-9-8-22-20(5)25(30)12-13-27(22,6)23(24)10-14-28(21,29)7/h17-18,20-25,30,32H,4,8-16H2,1-3,5-7H3/t18-,20+,21-,22?,23+,24-,25+,27+,28-,29+/m1/s1. The van der Waals surface area contributed by atoms with Crippen molar-refractivity contribution < 1.29 is 15.0 Å². The number of ketones is 1. The van der Waals surface area contributed by atoms with Gasteiger partial charge in [-0.25, -0.2) is 0 Å². The van der Waals surface area contributed by atoms with Crippen molar-refractivity contribution in [2.45, 2.75) is 111 Å². The van der Waals surface area contributed by atoms with Crippen molar-refractivity contribution in [3.05, 3.63) is 12.2 Å². The molecule has 0 spiro atoms. The molecular formula is C29H48O3. The number of carbonyl (C=O) groups excluding carboxylic acids is 1. The number of hydrogen-bond donors (Lipinski definition) is 2. The number of carbonyl (C=O) groups is 1. The van der Waals surface area contributed by atoms with E-state index in [-0.39, 0.29) is 34.6 Å². The molecule has 0 heterocycles. The van der Waals surface area contributed by atoms with E-state index in [1.807, 2.05) is 13.8 Å². The van der Waals surface area contributed by atoms with Crippen LogP contribution in [0.3, 0.4) is 0 Å². The molecule has 4 aliphatic carbocycles. The molecule has 3 nitrogen and oxygen atoms in total. The predicted molar refractivity (Wildman–Crippen MR) is 130 cm³/mol. The van der Waals surface area contributed by atoms with Crippen LogP contribution in [0.4, 0.5) is 0 Å². The molecule has 10 atom stereocenters. The Morgan fingerprint density at radius 2 is 1.62 bits per heavy atom. The van der Waals surface area contributed by atoms with Crippen molar-refractivity contribution in [2.24, 2.45) is 52.3 Å². The lowest BCUT2D eigenvalue weighted by Gasteiger charge is -2.65. The molecule has 0 aromatic rings. The molecule has 0 aromatic carbocycles. The Morgan fingerprint density at radius 3 is 2.28 bits per heavy atom. The van der Waals surface area contributed by atoms with Crippen LogP contribution in [-0.4, -0.2) is 27.7 Å². The maximum atomic E-state index is 12.8. The van der Waals surface area contributed by atoms with E-state index < -0.39 is 5.60 Å². The van der Waals surface area contributed by atoms with Gasteiger partial charge in [-0.3, -0.25) is 4.79 Å². The van der Waals surface area contributed by atoms with Crippen LogP contribution in [0, 0.1) is 52.3 Å². The molecule has 4 saturated carbocycles. The molecule has 0 saturated heterocycles. The lowest BCUT2D eigenvalue weighted by atomic mass is 9.42. The Labute approximate surface area is 196 Å². The van der Waals surface area contributed by atoms with E-state index in [9.17, 15) is 15.0 Å². The molecule has 3 heteroatoms. The third kappa shape index (κ3) is 3.39. The minimum atomic E-state index is -0.611. The molecule has 0 aromatic heterocycles. The zero-order valence-electron chi connectivity index (χ0n) is 21.5. The Bertz CT molecular complexity index is 758. The predicted octanol–water partition coefficient (Wildman–Crippen LogP) is 6.17. The second-order valence-electron chi connectivity index (χ2n) is 13.2. The summed E-state index contributed by atoms with van der Waals surface area (Å²) in [6.07, 6.45) is 8.84. The zero-order valence-corrected chi connectivity index (χ0v) is 21.5. The summed E-state index contributed by atoms with van der Waals surface area (Å²) in [5, 5.41) is 22.9. The first-order chi connectivity index (χ1) is 14.9. The fraction of sp³-hybridized carbons (Fsp3) is 0.897. The zero-order chi connectivity index (χ0) is 23.6. The van der Waals surface area contributed by atoms with Gasteiger partial charge in [-0.1, -0.05) is 48.1 Å². The fourth-order valence-electron chi connectivity index (χ4n) is 9.52. The van der Waals surface area contributed by atoms with Gasteiger partial charge < -0.3 is 10.2 Å². The fourth-order valence-corrected chi connectivity index (χ4v) is 9.52. The molecular weight excluding hydrogens is 396 g/mol. The largest absolute Gasteiger partial charge is 0.393 e. The number of aliphatic hydroxyl groups excluding tert-OH is 1. The second-order valence-corrected chi connectivity index (χ2v) is 13.2. The molecule has 0 bridgehead atoms. The van der Waals surface area contributed by atoms with Crippen molar-refractivity contribution in [1.82, 2.24) is 0 Å². The van der Waals surface area contributed by atoms with Gasteiger partial charge in [0.1, 0.15) is 0 Å². The van der Waals surface area contributed by atoms with E-state index in [1.165, 1.54) is 6.42 Å². The number of Topliss-reactive ketones (excluding diaryl/α,β-unsaturated/α-hetero) is 1. The molecule has 32 heavy (non-hydrogen) atoms. The van der Waals surface area contributed by atoms with E-state index in [0.717, 1.165) is 50.5 Å². The topological polar surface area (TPSA) is 57.5 Å². The lowest BCUT2D eigenvalue weighted by molar-refractivity contribution is -0.220. The summed E-state index contributed by atoms with van der Waals surface area (Å²) in [6, 6.07) is 0. The number of aliphatic hydroxyl groups is 2. The SMILES string of the molecule is C=C(C(=O)C[C@@H](C)[C@H]1CC[C@]2(O)[C@@H]3CCC4[C@H](C)[C@@H](O)CC[C@]4(C)[C@H]3CC[C@]12C)C(C)C. The third-order valence-corrected chi connectivity index (χ3v) is 11.7. The summed E-state index contributed by atoms with van der Waals surface area (Å²) >= 11 is 0. The average molecular weight is 445 g/mol. The molecule has 1 unspecified atom stereocenters. The maximum absolute atomic E-state index is 12.8. The summed E-state index contributed by atoms with van der Waals surface area (Å²) in [4.78, 5) is 12.8. The minimum Gasteiger partial charge on any atom is -0.393 e. The first-order valence-corrected chi connectivity index (χ1v) is 13.5. The molecule has 2 N–H and O–H groups in total. The van der Waals surface area contributed by atoms with Crippen LogP contribution < -0.4 is 0 Å². The van der Waals surface area contributed by atoms with Gasteiger partial charge in [0, 0.05) is 6.42 Å². The highest BCUT2D eigenvalue weighted by atomic mass is 16.3. The number of fused-ring (bicyclic) bond motifs is 5. The van der Waals surface area contributed by atoms with E-state index in [4.69, 9.17) is 0 Å². The van der Waals surface area contributed by atoms with Crippen molar-refractivity contribution in [3.8, 4) is 0 Å². The van der Waals surface area contributed by atoms with Crippen LogP contribution in [0.1, 0.15) is 99.3 Å². The van der Waals surface area contributed by atoms with Gasteiger partial charge in [0.15, 0.2) is 5.78 Å². The Kier molecular flexibility index (Phi) is 6.28. The molecule has 4 fully saturated rings. The first kappa shape index (κ1) is 24.5. The highest BCUT2D eigenvalue weighted by molar-refractivity contribution is 5.95. The summed E-state index contributed by atoms with van der Waals surface area (Å²) in [5.74, 6) is 2.97. The van der Waals surface area contributed by atoms with Gasteiger partial charge >= 0.3 is 0 Å². The normalized spacial score (nSPS) is 49.2. The molecule has 4 aliphatic rings. The van der Waals surface area contributed by atoms with Crippen molar-refractivity contribution in [2.75, 3.05) is 0 Å². The van der Waals surface area contributed by atoms with Crippen molar-refractivity contribution >= 4 is 5.78 Å². The molecule has 0 amide bonds. The van der Waals surface area contributed by atoms with Gasteiger partial charge in [-0.05, 0) is 109 Å². The van der Waals surface area contributed by atoms with Gasteiger partial charge in [0.25, 0.3) is 0 Å². The van der Waals surface area contributed by atoms with E-state index in [0.29, 0.717) is 36.0 Å². The van der Waals surface area contributed by atoms with Gasteiger partial charge in [0.2, 0.25) is 0 Å². The van der Waals surface area contributed by atoms with Crippen molar-refractivity contribution in [1.29, 1.82) is 0 Å². The monoisotopic (exact) mass is 444 g/mol. The van der Waals surface area contributed by atoms with E-state index in [1.54, 1.807) is 0 Å². The van der Waals surface area contributed by atoms with Gasteiger partial charge in [-0.15, -0.1) is 0 Å². The summed E-state index contributed by atoms with van der Waals surface area (Å²) in [5.41, 5.74) is 0.280. The number of hydrogen-bond acceptors (Lipinski definition) is 3. The smallest absolute Gasteiger partial charge is 0.158 e. The van der Waals surface area contributed by atoms with Crippen molar-refractivity contribution in [3.63, 3.8) is 0 Å². The Hall–Kier alpha value is -0.670. The lowest BCUT2D eigenvalue weighted by Crippen LogP contribution is -2.63. The maximum Gasteiger partial charge on any atom is 0.158 e. The van der Waals surface area contributed by atoms with Gasteiger partial charge in [-0.2, -0.15) is 0 Å². The van der Waals surface area contributed by atoms with E-state index >= 15 is 0 Å². The summed E-state index contributed by atoms with van der Waals surface area (Å²) in [7, 11) is 0. The van der Waals surface area contributed by atoms with Crippen LogP contribution in [-0.2, 0) is 4.79 Å². The van der Waals surface area contributed by atoms with E-state index in [2.05, 4.69) is 34.3 Å². The summed E-state index contributed by atoms with van der Waals surface area (Å²) < 4.78 is 0. The molecule has 0 radical (unpaired) electrons. The third-order valence-electron chi connectivity index (χ3n) is 11.7. The molecule has 182 valence electrons. The Morgan fingerprint density at radius 1 is 0.969 bits per heavy atom. The highest BCUT2D eigenvalue weighted by Crippen LogP contribution is 2.70. The highest BCUT2D eigenvalue weighted by Gasteiger charge is 2.68. The van der Waals surface area contributed by atoms with Crippen LogP contribution in [0.5, 0.6) is 0 Å². The Balaban J connectivity index is 1.56. The number of allylic oxidation sites excluding steroid dienone is 1. The van der Waals surface area contributed by atoms with Crippen LogP contribution in [0.2, 0.25) is 0 Å². The average Bonchev–Trinajstić information content (AvgIpc) is 3.02. The summed E-state index contributed by atoms with van der Waals surface area (Å²) in [6.45, 7) is 17.5. The van der Waals surface area contributed by atoms with Crippen LogP contribution >= 0.6 is 0 Å². The second kappa shape index (κ2) is 8.22. The minimum absolute atomic E-state index is 0.101. The molecule has 4 rings (SSSR count). The first-order valence-electron chi connectivity index (χ1n) is 13.5. The van der Waals surface area contributed by atoms with Gasteiger partial charge in [0.05, 0.1) is 11.7 Å².